The van der Waals surface area contributed by atoms with Crippen LogP contribution in [0.4, 0.5) is 10.5 Å². The Balaban J connectivity index is 1.40. The van der Waals surface area contributed by atoms with Crippen molar-refractivity contribution in [2.45, 2.75) is 32.2 Å². The van der Waals surface area contributed by atoms with Gasteiger partial charge in [0.15, 0.2) is 0 Å². The summed E-state index contributed by atoms with van der Waals surface area (Å²) >= 11 is 0. The molecule has 6 nitrogen and oxygen atoms in total. The molecule has 0 bridgehead atoms. The van der Waals surface area contributed by atoms with Crippen molar-refractivity contribution < 1.29 is 4.79 Å². The van der Waals surface area contributed by atoms with Crippen molar-refractivity contribution in [3.8, 4) is 0 Å². The summed E-state index contributed by atoms with van der Waals surface area (Å²) in [7, 11) is 0. The SMILES string of the molecule is C[C@@H](CNC(=O)N1CCN(c2cccnc2)CC1)N1CCCCC1. The molecule has 1 aromatic heterocycles. The number of likely N-dealkylation sites (tertiary alicyclic amines) is 1. The van der Waals surface area contributed by atoms with Crippen LogP contribution in [-0.2, 0) is 0 Å². The summed E-state index contributed by atoms with van der Waals surface area (Å²) in [4.78, 5) is 23.3. The van der Waals surface area contributed by atoms with E-state index in [2.05, 4.69) is 33.1 Å². The summed E-state index contributed by atoms with van der Waals surface area (Å²) in [5.74, 6) is 0. The monoisotopic (exact) mass is 331 g/mol. The van der Waals surface area contributed by atoms with Crippen LogP contribution in [0.2, 0.25) is 0 Å². The smallest absolute Gasteiger partial charge is 0.317 e. The standard InChI is InChI=1S/C18H29N5O/c1-16(21-8-3-2-4-9-21)14-20-18(24)23-12-10-22(11-13-23)17-6-5-7-19-15-17/h5-7,15-16H,2-4,8-14H2,1H3,(H,20,24)/t16-/m0/s1. The van der Waals surface area contributed by atoms with Crippen molar-refractivity contribution in [3.05, 3.63) is 24.5 Å². The zero-order valence-electron chi connectivity index (χ0n) is 14.7. The van der Waals surface area contributed by atoms with Crippen molar-refractivity contribution in [1.82, 2.24) is 20.1 Å². The molecule has 0 spiro atoms. The Morgan fingerprint density at radius 1 is 1.17 bits per heavy atom. The molecule has 0 aliphatic carbocycles. The van der Waals surface area contributed by atoms with Gasteiger partial charge >= 0.3 is 6.03 Å². The van der Waals surface area contributed by atoms with Gasteiger partial charge in [-0.1, -0.05) is 6.42 Å². The molecule has 0 saturated carbocycles. The predicted octanol–water partition coefficient (Wildman–Crippen LogP) is 1.79. The van der Waals surface area contributed by atoms with Crippen LogP contribution in [0.25, 0.3) is 0 Å². The van der Waals surface area contributed by atoms with Crippen LogP contribution in [0.1, 0.15) is 26.2 Å². The maximum atomic E-state index is 12.4. The normalized spacial score (nSPS) is 20.7. The van der Waals surface area contributed by atoms with Gasteiger partial charge in [0.1, 0.15) is 0 Å². The third kappa shape index (κ3) is 4.38. The van der Waals surface area contributed by atoms with Gasteiger partial charge in [-0.05, 0) is 45.0 Å². The molecule has 2 aliphatic rings. The summed E-state index contributed by atoms with van der Waals surface area (Å²) in [6, 6.07) is 4.52. The Labute approximate surface area is 144 Å². The Morgan fingerprint density at radius 3 is 2.58 bits per heavy atom. The molecule has 1 aromatic rings. The number of aromatic nitrogens is 1. The van der Waals surface area contributed by atoms with Crippen LogP contribution in [0.3, 0.4) is 0 Å². The minimum absolute atomic E-state index is 0.0738. The molecule has 2 aliphatic heterocycles. The van der Waals surface area contributed by atoms with E-state index in [0.717, 1.165) is 38.4 Å². The van der Waals surface area contributed by atoms with E-state index in [1.54, 1.807) is 6.20 Å². The molecule has 2 fully saturated rings. The van der Waals surface area contributed by atoms with E-state index in [-0.39, 0.29) is 6.03 Å². The highest BCUT2D eigenvalue weighted by Crippen LogP contribution is 2.14. The highest BCUT2D eigenvalue weighted by molar-refractivity contribution is 5.74. The topological polar surface area (TPSA) is 51.7 Å². The minimum atomic E-state index is 0.0738. The second kappa shape index (κ2) is 8.33. The van der Waals surface area contributed by atoms with Crippen molar-refractivity contribution in [2.75, 3.05) is 50.7 Å². The van der Waals surface area contributed by atoms with E-state index in [1.807, 2.05) is 17.2 Å². The van der Waals surface area contributed by atoms with E-state index in [1.165, 1.54) is 32.4 Å². The van der Waals surface area contributed by atoms with Gasteiger partial charge in [0, 0.05) is 45.0 Å². The Kier molecular flexibility index (Phi) is 5.91. The van der Waals surface area contributed by atoms with Crippen LogP contribution < -0.4 is 10.2 Å². The number of nitrogens with one attached hydrogen (secondary N) is 1. The Morgan fingerprint density at radius 2 is 1.92 bits per heavy atom. The fraction of sp³-hybridized carbons (Fsp3) is 0.667. The first-order valence-corrected chi connectivity index (χ1v) is 9.16. The lowest BCUT2D eigenvalue weighted by atomic mass is 10.1. The molecule has 0 aromatic carbocycles. The maximum Gasteiger partial charge on any atom is 0.317 e. The summed E-state index contributed by atoms with van der Waals surface area (Å²) in [6.07, 6.45) is 7.59. The number of piperazine rings is 1. The molecule has 1 N–H and O–H groups in total. The van der Waals surface area contributed by atoms with Crippen LogP contribution in [-0.4, -0.2) is 72.7 Å². The number of pyridine rings is 1. The molecule has 2 saturated heterocycles. The van der Waals surface area contributed by atoms with Gasteiger partial charge in [0.25, 0.3) is 0 Å². The lowest BCUT2D eigenvalue weighted by Crippen LogP contribution is -2.53. The Bertz CT molecular complexity index is 509. The fourth-order valence-corrected chi connectivity index (χ4v) is 3.54. The fourth-order valence-electron chi connectivity index (χ4n) is 3.54. The highest BCUT2D eigenvalue weighted by atomic mass is 16.2. The first-order chi connectivity index (χ1) is 11.7. The van der Waals surface area contributed by atoms with E-state index in [9.17, 15) is 4.79 Å². The van der Waals surface area contributed by atoms with Crippen LogP contribution in [0, 0.1) is 0 Å². The zero-order chi connectivity index (χ0) is 16.8. The molecule has 3 rings (SSSR count). The van der Waals surface area contributed by atoms with Crippen molar-refractivity contribution in [1.29, 1.82) is 0 Å². The van der Waals surface area contributed by atoms with Gasteiger partial charge in [-0.15, -0.1) is 0 Å². The zero-order valence-corrected chi connectivity index (χ0v) is 14.7. The molecule has 0 radical (unpaired) electrons. The van der Waals surface area contributed by atoms with Crippen molar-refractivity contribution in [2.24, 2.45) is 0 Å². The number of hydrogen-bond donors (Lipinski definition) is 1. The molecular formula is C18H29N5O. The van der Waals surface area contributed by atoms with Crippen LogP contribution >= 0.6 is 0 Å². The largest absolute Gasteiger partial charge is 0.367 e. The van der Waals surface area contributed by atoms with Gasteiger partial charge in [0.05, 0.1) is 11.9 Å². The summed E-state index contributed by atoms with van der Waals surface area (Å²) in [5.41, 5.74) is 1.14. The van der Waals surface area contributed by atoms with E-state index in [4.69, 9.17) is 0 Å². The number of carbonyl (C=O) groups is 1. The number of carbonyl (C=O) groups excluding carboxylic acids is 1. The highest BCUT2D eigenvalue weighted by Gasteiger charge is 2.22. The van der Waals surface area contributed by atoms with Crippen LogP contribution in [0.15, 0.2) is 24.5 Å². The summed E-state index contributed by atoms with van der Waals surface area (Å²) in [6.45, 7) is 8.54. The van der Waals surface area contributed by atoms with E-state index in [0.29, 0.717) is 6.04 Å². The van der Waals surface area contributed by atoms with Gasteiger partial charge in [-0.25, -0.2) is 4.79 Å². The molecule has 1 atom stereocenters. The van der Waals surface area contributed by atoms with Gasteiger partial charge in [-0.2, -0.15) is 0 Å². The first kappa shape index (κ1) is 17.0. The molecule has 2 amide bonds. The van der Waals surface area contributed by atoms with Crippen LogP contribution in [0.5, 0.6) is 0 Å². The lowest BCUT2D eigenvalue weighted by Gasteiger charge is -2.37. The molecule has 132 valence electrons. The maximum absolute atomic E-state index is 12.4. The van der Waals surface area contributed by atoms with Gasteiger partial charge in [0.2, 0.25) is 0 Å². The minimum Gasteiger partial charge on any atom is -0.367 e. The third-order valence-electron chi connectivity index (χ3n) is 5.14. The van der Waals surface area contributed by atoms with Gasteiger partial charge < -0.3 is 15.1 Å². The third-order valence-corrected chi connectivity index (χ3v) is 5.14. The van der Waals surface area contributed by atoms with Crippen molar-refractivity contribution in [3.63, 3.8) is 0 Å². The number of amides is 2. The average Bonchev–Trinajstić information content (AvgIpc) is 2.67. The molecule has 24 heavy (non-hydrogen) atoms. The second-order valence-corrected chi connectivity index (χ2v) is 6.82. The quantitative estimate of drug-likeness (QED) is 0.914. The van der Waals surface area contributed by atoms with Gasteiger partial charge in [-0.3, -0.25) is 9.88 Å². The summed E-state index contributed by atoms with van der Waals surface area (Å²) in [5, 5.41) is 3.12. The number of piperidine rings is 1. The molecule has 6 heteroatoms. The summed E-state index contributed by atoms with van der Waals surface area (Å²) < 4.78 is 0. The predicted molar refractivity (Wildman–Crippen MR) is 96.3 cm³/mol. The molecular weight excluding hydrogens is 302 g/mol. The lowest BCUT2D eigenvalue weighted by molar-refractivity contribution is 0.162. The Hall–Kier alpha value is -1.82. The molecule has 3 heterocycles. The second-order valence-electron chi connectivity index (χ2n) is 6.82. The number of hydrogen-bond acceptors (Lipinski definition) is 4. The van der Waals surface area contributed by atoms with E-state index >= 15 is 0 Å². The average molecular weight is 331 g/mol. The molecule has 0 unspecified atom stereocenters. The number of rotatable bonds is 4. The first-order valence-electron chi connectivity index (χ1n) is 9.16. The van der Waals surface area contributed by atoms with Crippen molar-refractivity contribution >= 4 is 11.7 Å². The number of urea groups is 1. The number of nitrogens with zero attached hydrogens (tertiary/aromatic N) is 4. The number of anilines is 1. The van der Waals surface area contributed by atoms with E-state index < -0.39 is 0 Å².